The quantitative estimate of drug-likeness (QED) is 0.798. The molecule has 1 aromatic heterocycles. The second-order valence-electron chi connectivity index (χ2n) is 4.97. The molecule has 0 saturated heterocycles. The fraction of sp³-hybridized carbons (Fsp3) is 0.118. The van der Waals surface area contributed by atoms with Gasteiger partial charge in [0.05, 0.1) is 18.1 Å². The lowest BCUT2D eigenvalue weighted by molar-refractivity contribution is -0.137. The topological polar surface area (TPSA) is 81.4 Å². The summed E-state index contributed by atoms with van der Waals surface area (Å²) in [7, 11) is 1.53. The number of rotatable bonds is 4. The second-order valence-corrected chi connectivity index (χ2v) is 4.97. The molecule has 0 fully saturated rings. The number of benzene rings is 2. The number of aliphatic carboxylic acids is 1. The van der Waals surface area contributed by atoms with Crippen LogP contribution in [-0.4, -0.2) is 27.7 Å². The molecule has 0 amide bonds. The molecule has 116 valence electrons. The van der Waals surface area contributed by atoms with Crippen molar-refractivity contribution in [2.24, 2.45) is 0 Å². The van der Waals surface area contributed by atoms with Crippen LogP contribution in [0.1, 0.15) is 0 Å². The standard InChI is InChI=1S/C17H14N2O4/c1-23-12-7-8-14-13(9-12)18-16(11-5-3-2-4-6-11)17(22)19(14)10-15(20)21/h2-9H,10H2,1H3,(H,20,21). The van der Waals surface area contributed by atoms with Crippen LogP contribution in [0.2, 0.25) is 0 Å². The van der Waals surface area contributed by atoms with E-state index >= 15 is 0 Å². The molecule has 0 aliphatic carbocycles. The van der Waals surface area contributed by atoms with E-state index in [0.29, 0.717) is 22.3 Å². The van der Waals surface area contributed by atoms with E-state index in [0.717, 1.165) is 0 Å². The minimum absolute atomic E-state index is 0.215. The minimum Gasteiger partial charge on any atom is -0.497 e. The molecule has 0 aliphatic heterocycles. The third-order valence-electron chi connectivity index (χ3n) is 3.49. The van der Waals surface area contributed by atoms with Gasteiger partial charge in [-0.25, -0.2) is 4.98 Å². The highest BCUT2D eigenvalue weighted by Gasteiger charge is 2.15. The molecular formula is C17H14N2O4. The lowest BCUT2D eigenvalue weighted by atomic mass is 10.1. The number of ether oxygens (including phenoxy) is 1. The molecule has 1 N–H and O–H groups in total. The van der Waals surface area contributed by atoms with Crippen LogP contribution in [0.5, 0.6) is 5.75 Å². The lowest BCUT2D eigenvalue weighted by Crippen LogP contribution is -2.27. The van der Waals surface area contributed by atoms with Gasteiger partial charge in [-0.3, -0.25) is 14.2 Å². The van der Waals surface area contributed by atoms with Gasteiger partial charge < -0.3 is 9.84 Å². The molecule has 3 rings (SSSR count). The fourth-order valence-corrected chi connectivity index (χ4v) is 2.43. The van der Waals surface area contributed by atoms with E-state index in [-0.39, 0.29) is 5.69 Å². The van der Waals surface area contributed by atoms with Gasteiger partial charge in [0.2, 0.25) is 0 Å². The molecule has 6 heteroatoms. The average Bonchev–Trinajstić information content (AvgIpc) is 2.57. The van der Waals surface area contributed by atoms with Crippen molar-refractivity contribution in [3.05, 3.63) is 58.9 Å². The summed E-state index contributed by atoms with van der Waals surface area (Å²) in [6, 6.07) is 14.0. The van der Waals surface area contributed by atoms with E-state index in [1.807, 2.05) is 6.07 Å². The van der Waals surface area contributed by atoms with E-state index < -0.39 is 18.1 Å². The van der Waals surface area contributed by atoms with Gasteiger partial charge in [0.1, 0.15) is 18.0 Å². The zero-order valence-electron chi connectivity index (χ0n) is 12.4. The van der Waals surface area contributed by atoms with Gasteiger partial charge in [-0.15, -0.1) is 0 Å². The van der Waals surface area contributed by atoms with Gasteiger partial charge in [0.25, 0.3) is 5.56 Å². The minimum atomic E-state index is -1.09. The Kier molecular flexibility index (Phi) is 3.80. The molecule has 23 heavy (non-hydrogen) atoms. The number of hydrogen-bond donors (Lipinski definition) is 1. The summed E-state index contributed by atoms with van der Waals surface area (Å²) in [5.74, 6) is -0.501. The highest BCUT2D eigenvalue weighted by atomic mass is 16.5. The van der Waals surface area contributed by atoms with Gasteiger partial charge in [-0.2, -0.15) is 0 Å². The predicted octanol–water partition coefficient (Wildman–Crippen LogP) is 2.16. The van der Waals surface area contributed by atoms with E-state index in [9.17, 15) is 9.59 Å². The van der Waals surface area contributed by atoms with Gasteiger partial charge in [0.15, 0.2) is 0 Å². The Labute approximate surface area is 131 Å². The molecule has 0 unspecified atom stereocenters. The Balaban J connectivity index is 2.34. The van der Waals surface area contributed by atoms with Gasteiger partial charge in [-0.1, -0.05) is 30.3 Å². The average molecular weight is 310 g/mol. The molecule has 0 saturated carbocycles. The SMILES string of the molecule is COc1ccc2c(c1)nc(-c1ccccc1)c(=O)n2CC(=O)O. The maximum Gasteiger partial charge on any atom is 0.323 e. The maximum atomic E-state index is 12.7. The summed E-state index contributed by atoms with van der Waals surface area (Å²) in [4.78, 5) is 28.2. The third-order valence-corrected chi connectivity index (χ3v) is 3.49. The summed E-state index contributed by atoms with van der Waals surface area (Å²) in [5, 5.41) is 9.11. The van der Waals surface area contributed by atoms with E-state index in [1.165, 1.54) is 11.7 Å². The van der Waals surface area contributed by atoms with Crippen LogP contribution in [0.15, 0.2) is 53.3 Å². The number of aromatic nitrogens is 2. The van der Waals surface area contributed by atoms with Crippen LogP contribution < -0.4 is 10.3 Å². The van der Waals surface area contributed by atoms with Crippen molar-refractivity contribution in [1.82, 2.24) is 9.55 Å². The van der Waals surface area contributed by atoms with Crippen LogP contribution in [0.3, 0.4) is 0 Å². The Bertz CT molecular complexity index is 932. The molecule has 0 radical (unpaired) electrons. The number of nitrogens with zero attached hydrogens (tertiary/aromatic N) is 2. The van der Waals surface area contributed by atoms with Crippen LogP contribution in [0.25, 0.3) is 22.3 Å². The summed E-state index contributed by atoms with van der Waals surface area (Å²) in [5.41, 5.74) is 1.38. The summed E-state index contributed by atoms with van der Waals surface area (Å²) < 4.78 is 6.39. The van der Waals surface area contributed by atoms with Crippen molar-refractivity contribution < 1.29 is 14.6 Å². The second kappa shape index (κ2) is 5.92. The first kappa shape index (κ1) is 14.8. The van der Waals surface area contributed by atoms with Crippen LogP contribution in [-0.2, 0) is 11.3 Å². The fourth-order valence-electron chi connectivity index (χ4n) is 2.43. The number of carbonyl (C=O) groups is 1. The van der Waals surface area contributed by atoms with Crippen molar-refractivity contribution in [2.75, 3.05) is 7.11 Å². The smallest absolute Gasteiger partial charge is 0.323 e. The zero-order valence-corrected chi connectivity index (χ0v) is 12.4. The number of carboxylic acid groups (broad SMARTS) is 1. The van der Waals surface area contributed by atoms with Crippen LogP contribution >= 0.6 is 0 Å². The Hall–Kier alpha value is -3.15. The van der Waals surface area contributed by atoms with Gasteiger partial charge in [0, 0.05) is 11.6 Å². The zero-order chi connectivity index (χ0) is 16.4. The largest absolute Gasteiger partial charge is 0.497 e. The molecule has 0 bridgehead atoms. The Morgan fingerprint density at radius 1 is 1.22 bits per heavy atom. The van der Waals surface area contributed by atoms with Gasteiger partial charge in [-0.05, 0) is 12.1 Å². The van der Waals surface area contributed by atoms with Gasteiger partial charge >= 0.3 is 5.97 Å². The lowest BCUT2D eigenvalue weighted by Gasteiger charge is -2.11. The van der Waals surface area contributed by atoms with Crippen molar-refractivity contribution in [3.8, 4) is 17.0 Å². The van der Waals surface area contributed by atoms with Crippen LogP contribution in [0.4, 0.5) is 0 Å². The van der Waals surface area contributed by atoms with Crippen molar-refractivity contribution >= 4 is 17.0 Å². The summed E-state index contributed by atoms with van der Waals surface area (Å²) in [6.45, 7) is -0.427. The number of hydrogen-bond acceptors (Lipinski definition) is 4. The van der Waals surface area contributed by atoms with E-state index in [4.69, 9.17) is 9.84 Å². The predicted molar refractivity (Wildman–Crippen MR) is 85.6 cm³/mol. The molecule has 3 aromatic rings. The molecular weight excluding hydrogens is 296 g/mol. The number of methoxy groups -OCH3 is 1. The number of fused-ring (bicyclic) bond motifs is 1. The Morgan fingerprint density at radius 3 is 2.61 bits per heavy atom. The van der Waals surface area contributed by atoms with Crippen molar-refractivity contribution in [3.63, 3.8) is 0 Å². The highest BCUT2D eigenvalue weighted by Crippen LogP contribution is 2.21. The summed E-state index contributed by atoms with van der Waals surface area (Å²) in [6.07, 6.45) is 0. The first-order valence-electron chi connectivity index (χ1n) is 6.96. The molecule has 0 atom stereocenters. The molecule has 2 aromatic carbocycles. The molecule has 6 nitrogen and oxygen atoms in total. The van der Waals surface area contributed by atoms with E-state index in [1.54, 1.807) is 42.5 Å². The van der Waals surface area contributed by atoms with Crippen molar-refractivity contribution in [1.29, 1.82) is 0 Å². The summed E-state index contributed by atoms with van der Waals surface area (Å²) >= 11 is 0. The highest BCUT2D eigenvalue weighted by molar-refractivity contribution is 5.81. The monoisotopic (exact) mass is 310 g/mol. The van der Waals surface area contributed by atoms with E-state index in [2.05, 4.69) is 4.98 Å². The molecule has 0 aliphatic rings. The van der Waals surface area contributed by atoms with Crippen molar-refractivity contribution in [2.45, 2.75) is 6.54 Å². The maximum absolute atomic E-state index is 12.7. The normalized spacial score (nSPS) is 10.7. The first-order chi connectivity index (χ1) is 11.1. The van der Waals surface area contributed by atoms with Crippen LogP contribution in [0, 0.1) is 0 Å². The third kappa shape index (κ3) is 2.78. The molecule has 0 spiro atoms. The first-order valence-corrected chi connectivity index (χ1v) is 6.96. The number of carboxylic acids is 1. The Morgan fingerprint density at radius 2 is 1.96 bits per heavy atom. The molecule has 1 heterocycles.